The van der Waals surface area contributed by atoms with Crippen molar-refractivity contribution in [3.05, 3.63) is 60.0 Å². The third-order valence-corrected chi connectivity index (χ3v) is 5.62. The predicted molar refractivity (Wildman–Crippen MR) is 116 cm³/mol. The van der Waals surface area contributed by atoms with Crippen LogP contribution in [0.2, 0.25) is 0 Å². The molecule has 3 aromatic rings. The van der Waals surface area contributed by atoms with E-state index < -0.39 is 10.0 Å². The number of pyridine rings is 1. The number of aromatic nitrogens is 3. The van der Waals surface area contributed by atoms with Crippen molar-refractivity contribution in [3.8, 4) is 5.75 Å². The lowest BCUT2D eigenvalue weighted by molar-refractivity contribution is 0.411. The fourth-order valence-electron chi connectivity index (χ4n) is 2.77. The standard InChI is InChI=1S/C20H24N6O3S/c1-14-12-16(7-8-17(14)29-3)30(27,28)23-11-10-22-19-13-20(25-15(2)24-19)26-18-6-4-5-9-21-18/h4-9,12-13,23H,10-11H2,1-3H3,(H2,21,22,24,25,26). The number of sulfonamides is 1. The van der Waals surface area contributed by atoms with Crippen molar-refractivity contribution in [2.45, 2.75) is 18.7 Å². The lowest BCUT2D eigenvalue weighted by Gasteiger charge is -2.11. The zero-order valence-electron chi connectivity index (χ0n) is 17.0. The van der Waals surface area contributed by atoms with E-state index in [1.165, 1.54) is 6.07 Å². The Bertz CT molecular complexity index is 1110. The Morgan fingerprint density at radius 3 is 2.47 bits per heavy atom. The van der Waals surface area contributed by atoms with Crippen LogP contribution in [0.4, 0.5) is 17.5 Å². The van der Waals surface area contributed by atoms with Crippen LogP contribution in [0.3, 0.4) is 0 Å². The molecule has 0 amide bonds. The number of nitrogens with one attached hydrogen (secondary N) is 3. The van der Waals surface area contributed by atoms with Crippen molar-refractivity contribution in [2.24, 2.45) is 0 Å². The summed E-state index contributed by atoms with van der Waals surface area (Å²) < 4.78 is 32.7. The molecule has 0 aliphatic rings. The zero-order chi connectivity index (χ0) is 21.6. The van der Waals surface area contributed by atoms with Gasteiger partial charge in [0.15, 0.2) is 0 Å². The summed E-state index contributed by atoms with van der Waals surface area (Å²) in [6.45, 7) is 4.13. The topological polar surface area (TPSA) is 118 Å². The maximum absolute atomic E-state index is 12.5. The van der Waals surface area contributed by atoms with E-state index in [9.17, 15) is 8.42 Å². The molecule has 2 heterocycles. The van der Waals surface area contributed by atoms with Gasteiger partial charge in [0.25, 0.3) is 0 Å². The van der Waals surface area contributed by atoms with Crippen LogP contribution < -0.4 is 20.1 Å². The van der Waals surface area contributed by atoms with Crippen LogP contribution in [-0.4, -0.2) is 43.6 Å². The maximum atomic E-state index is 12.5. The quantitative estimate of drug-likeness (QED) is 0.445. The lowest BCUT2D eigenvalue weighted by atomic mass is 10.2. The highest BCUT2D eigenvalue weighted by Gasteiger charge is 2.14. The van der Waals surface area contributed by atoms with E-state index >= 15 is 0 Å². The molecule has 158 valence electrons. The minimum absolute atomic E-state index is 0.194. The molecule has 1 aromatic carbocycles. The monoisotopic (exact) mass is 428 g/mol. The molecule has 10 heteroatoms. The van der Waals surface area contributed by atoms with E-state index in [0.29, 0.717) is 35.6 Å². The van der Waals surface area contributed by atoms with Gasteiger partial charge in [-0.25, -0.2) is 28.1 Å². The van der Waals surface area contributed by atoms with Crippen LogP contribution in [0, 0.1) is 13.8 Å². The van der Waals surface area contributed by atoms with Crippen molar-refractivity contribution in [1.82, 2.24) is 19.7 Å². The molecule has 0 radical (unpaired) electrons. The number of rotatable bonds is 9. The van der Waals surface area contributed by atoms with E-state index in [1.807, 2.05) is 18.2 Å². The summed E-state index contributed by atoms with van der Waals surface area (Å²) in [5, 5.41) is 6.22. The molecule has 0 spiro atoms. The van der Waals surface area contributed by atoms with Gasteiger partial charge >= 0.3 is 0 Å². The summed E-state index contributed by atoms with van der Waals surface area (Å²) >= 11 is 0. The molecule has 0 aliphatic carbocycles. The van der Waals surface area contributed by atoms with E-state index in [0.717, 1.165) is 5.56 Å². The molecule has 0 saturated heterocycles. The Hall–Kier alpha value is -3.24. The molecule has 3 N–H and O–H groups in total. The van der Waals surface area contributed by atoms with Crippen LogP contribution in [0.15, 0.2) is 53.6 Å². The molecule has 0 fully saturated rings. The predicted octanol–water partition coefficient (Wildman–Crippen LogP) is 2.63. The molecule has 9 nitrogen and oxygen atoms in total. The number of aryl methyl sites for hydroxylation is 2. The van der Waals surface area contributed by atoms with Crippen molar-refractivity contribution in [3.63, 3.8) is 0 Å². The second-order valence-corrected chi connectivity index (χ2v) is 8.25. The Morgan fingerprint density at radius 2 is 1.77 bits per heavy atom. The van der Waals surface area contributed by atoms with Crippen LogP contribution >= 0.6 is 0 Å². The van der Waals surface area contributed by atoms with Crippen LogP contribution in [-0.2, 0) is 10.0 Å². The van der Waals surface area contributed by atoms with E-state index in [2.05, 4.69) is 30.3 Å². The summed E-state index contributed by atoms with van der Waals surface area (Å²) in [4.78, 5) is 13.1. The van der Waals surface area contributed by atoms with E-state index in [4.69, 9.17) is 4.74 Å². The highest BCUT2D eigenvalue weighted by atomic mass is 32.2. The fraction of sp³-hybridized carbons (Fsp3) is 0.250. The Kier molecular flexibility index (Phi) is 6.80. The first-order valence-electron chi connectivity index (χ1n) is 9.29. The van der Waals surface area contributed by atoms with Gasteiger partial charge in [0.1, 0.15) is 29.0 Å². The number of benzene rings is 1. The van der Waals surface area contributed by atoms with Crippen LogP contribution in [0.1, 0.15) is 11.4 Å². The molecule has 2 aromatic heterocycles. The van der Waals surface area contributed by atoms with Crippen LogP contribution in [0.5, 0.6) is 5.75 Å². The van der Waals surface area contributed by atoms with Gasteiger partial charge in [0, 0.05) is 25.4 Å². The Morgan fingerprint density at radius 1 is 0.967 bits per heavy atom. The smallest absolute Gasteiger partial charge is 0.240 e. The summed E-state index contributed by atoms with van der Waals surface area (Å²) in [5.74, 6) is 3.07. The maximum Gasteiger partial charge on any atom is 0.240 e. The molecule has 30 heavy (non-hydrogen) atoms. The number of methoxy groups -OCH3 is 1. The second kappa shape index (κ2) is 9.51. The highest BCUT2D eigenvalue weighted by Crippen LogP contribution is 2.21. The van der Waals surface area contributed by atoms with Gasteiger partial charge in [0.2, 0.25) is 10.0 Å². The lowest BCUT2D eigenvalue weighted by Crippen LogP contribution is -2.29. The third-order valence-electron chi connectivity index (χ3n) is 4.16. The Balaban J connectivity index is 1.58. The van der Waals surface area contributed by atoms with E-state index in [-0.39, 0.29) is 11.4 Å². The normalized spacial score (nSPS) is 11.2. The molecule has 0 atom stereocenters. The van der Waals surface area contributed by atoms with Gasteiger partial charge in [-0.15, -0.1) is 0 Å². The van der Waals surface area contributed by atoms with Gasteiger partial charge in [-0.2, -0.15) is 0 Å². The van der Waals surface area contributed by atoms with Crippen molar-refractivity contribution in [1.29, 1.82) is 0 Å². The van der Waals surface area contributed by atoms with Gasteiger partial charge < -0.3 is 15.4 Å². The summed E-state index contributed by atoms with van der Waals surface area (Å²) in [7, 11) is -2.07. The number of nitrogens with zero attached hydrogens (tertiary/aromatic N) is 3. The van der Waals surface area contributed by atoms with Gasteiger partial charge in [0.05, 0.1) is 12.0 Å². The highest BCUT2D eigenvalue weighted by molar-refractivity contribution is 7.89. The van der Waals surface area contributed by atoms with Gasteiger partial charge in [-0.1, -0.05) is 6.07 Å². The average Bonchev–Trinajstić information content (AvgIpc) is 2.71. The number of anilines is 3. The fourth-order valence-corrected chi connectivity index (χ4v) is 3.88. The first-order chi connectivity index (χ1) is 14.4. The minimum atomic E-state index is -3.62. The first-order valence-corrected chi connectivity index (χ1v) is 10.8. The zero-order valence-corrected chi connectivity index (χ0v) is 17.8. The van der Waals surface area contributed by atoms with Gasteiger partial charge in [-0.05, 0) is 49.7 Å². The Labute approximate surface area is 176 Å². The molecule has 0 aliphatic heterocycles. The molecule has 3 rings (SSSR count). The molecular formula is C20H24N6O3S. The molecule has 0 bridgehead atoms. The van der Waals surface area contributed by atoms with E-state index in [1.54, 1.807) is 45.4 Å². The number of hydrogen-bond donors (Lipinski definition) is 3. The SMILES string of the molecule is COc1ccc(S(=O)(=O)NCCNc2cc(Nc3ccccn3)nc(C)n2)cc1C. The number of hydrogen-bond acceptors (Lipinski definition) is 8. The third kappa shape index (κ3) is 5.65. The number of ether oxygens (including phenoxy) is 1. The average molecular weight is 429 g/mol. The molecule has 0 unspecified atom stereocenters. The second-order valence-electron chi connectivity index (χ2n) is 6.48. The summed E-state index contributed by atoms with van der Waals surface area (Å²) in [6.07, 6.45) is 1.69. The van der Waals surface area contributed by atoms with Gasteiger partial charge in [-0.3, -0.25) is 0 Å². The van der Waals surface area contributed by atoms with Crippen molar-refractivity contribution < 1.29 is 13.2 Å². The summed E-state index contributed by atoms with van der Waals surface area (Å²) in [5.41, 5.74) is 0.753. The van der Waals surface area contributed by atoms with Crippen molar-refractivity contribution in [2.75, 3.05) is 30.8 Å². The minimum Gasteiger partial charge on any atom is -0.496 e. The first kappa shape index (κ1) is 21.5. The van der Waals surface area contributed by atoms with Crippen LogP contribution in [0.25, 0.3) is 0 Å². The molecular weight excluding hydrogens is 404 g/mol. The molecule has 0 saturated carbocycles. The summed E-state index contributed by atoms with van der Waals surface area (Å²) in [6, 6.07) is 12.0. The largest absolute Gasteiger partial charge is 0.496 e. The van der Waals surface area contributed by atoms with Crippen molar-refractivity contribution >= 4 is 27.5 Å².